The summed E-state index contributed by atoms with van der Waals surface area (Å²) < 4.78 is 0. The number of nitrogens with one attached hydrogen (secondary N) is 1. The third kappa shape index (κ3) is 3.08. The highest BCUT2D eigenvalue weighted by atomic mass is 35.5. The average Bonchev–Trinajstić information content (AvgIpc) is 2.25. The molecule has 4 heteroatoms. The number of halogens is 1. The zero-order valence-corrected chi connectivity index (χ0v) is 11.2. The third-order valence-corrected chi connectivity index (χ3v) is 3.48. The fraction of sp³-hybridized carbons (Fsp3) is 0.667. The van der Waals surface area contributed by atoms with Crippen LogP contribution in [-0.2, 0) is 0 Å². The lowest BCUT2D eigenvalue weighted by Gasteiger charge is -2.31. The minimum Gasteiger partial charge on any atom is -0.363 e. The number of rotatable bonds is 5. The normalized spacial score (nSPS) is 11.6. The van der Waals surface area contributed by atoms with Crippen LogP contribution in [0.3, 0.4) is 0 Å². The lowest BCUT2D eigenvalue weighted by Crippen LogP contribution is -2.39. The van der Waals surface area contributed by atoms with E-state index in [9.17, 15) is 0 Å². The van der Waals surface area contributed by atoms with Crippen molar-refractivity contribution >= 4 is 17.4 Å². The van der Waals surface area contributed by atoms with E-state index in [1.54, 1.807) is 0 Å². The number of hydrogen-bond acceptors (Lipinski definition) is 3. The monoisotopic (exact) mass is 241 g/mol. The van der Waals surface area contributed by atoms with Gasteiger partial charge in [0.1, 0.15) is 11.6 Å². The van der Waals surface area contributed by atoms with E-state index in [1.807, 2.05) is 19.9 Å². The predicted molar refractivity (Wildman–Crippen MR) is 69.2 cm³/mol. The maximum atomic E-state index is 6.05. The summed E-state index contributed by atoms with van der Waals surface area (Å²) >= 11 is 6.05. The SMILES string of the molecule is CCC(CC)(CCl)Nc1cc(C)nc(C)n1. The van der Waals surface area contributed by atoms with Crippen LogP contribution in [0.15, 0.2) is 6.07 Å². The second-order valence-corrected chi connectivity index (χ2v) is 4.46. The first-order chi connectivity index (χ1) is 7.55. The lowest BCUT2D eigenvalue weighted by molar-refractivity contribution is 0.482. The fourth-order valence-electron chi connectivity index (χ4n) is 1.70. The lowest BCUT2D eigenvalue weighted by atomic mass is 9.95. The molecule has 0 unspecified atom stereocenters. The summed E-state index contributed by atoms with van der Waals surface area (Å²) in [6, 6.07) is 1.96. The number of nitrogens with zero attached hydrogens (tertiary/aromatic N) is 2. The van der Waals surface area contributed by atoms with E-state index in [-0.39, 0.29) is 5.54 Å². The van der Waals surface area contributed by atoms with Crippen molar-refractivity contribution in [1.29, 1.82) is 0 Å². The Hall–Kier alpha value is -0.830. The summed E-state index contributed by atoms with van der Waals surface area (Å²) in [5, 5.41) is 3.44. The molecule has 0 aliphatic carbocycles. The Kier molecular flexibility index (Phi) is 4.54. The zero-order chi connectivity index (χ0) is 12.2. The van der Waals surface area contributed by atoms with Crippen LogP contribution in [-0.4, -0.2) is 21.4 Å². The van der Waals surface area contributed by atoms with Crippen LogP contribution in [0.5, 0.6) is 0 Å². The summed E-state index contributed by atoms with van der Waals surface area (Å²) in [7, 11) is 0. The zero-order valence-electron chi connectivity index (χ0n) is 10.5. The van der Waals surface area contributed by atoms with Gasteiger partial charge in [-0.15, -0.1) is 11.6 Å². The predicted octanol–water partition coefficient (Wildman–Crippen LogP) is 3.30. The molecule has 1 aromatic heterocycles. The van der Waals surface area contributed by atoms with E-state index in [0.717, 1.165) is 30.2 Å². The fourth-order valence-corrected chi connectivity index (χ4v) is 2.15. The quantitative estimate of drug-likeness (QED) is 0.804. The van der Waals surface area contributed by atoms with Gasteiger partial charge in [-0.25, -0.2) is 9.97 Å². The van der Waals surface area contributed by atoms with E-state index in [0.29, 0.717) is 5.88 Å². The van der Waals surface area contributed by atoms with Crippen molar-refractivity contribution in [3.8, 4) is 0 Å². The molecular formula is C12H20ClN3. The number of aromatic nitrogens is 2. The molecule has 1 heterocycles. The molecule has 0 aliphatic heterocycles. The number of hydrogen-bond donors (Lipinski definition) is 1. The Bertz CT molecular complexity index is 320. The van der Waals surface area contributed by atoms with E-state index in [1.165, 1.54) is 0 Å². The first kappa shape index (κ1) is 13.2. The minimum absolute atomic E-state index is 0.0607. The van der Waals surface area contributed by atoms with Gasteiger partial charge in [-0.2, -0.15) is 0 Å². The highest BCUT2D eigenvalue weighted by molar-refractivity contribution is 6.18. The van der Waals surface area contributed by atoms with Gasteiger partial charge in [0.15, 0.2) is 0 Å². The maximum absolute atomic E-state index is 6.05. The van der Waals surface area contributed by atoms with Crippen molar-refractivity contribution in [2.75, 3.05) is 11.2 Å². The van der Waals surface area contributed by atoms with Gasteiger partial charge in [0.25, 0.3) is 0 Å². The maximum Gasteiger partial charge on any atom is 0.130 e. The molecule has 0 amide bonds. The van der Waals surface area contributed by atoms with Crippen LogP contribution in [0.2, 0.25) is 0 Å². The second-order valence-electron chi connectivity index (χ2n) is 4.19. The Labute approximate surface area is 103 Å². The van der Waals surface area contributed by atoms with Crippen LogP contribution in [0, 0.1) is 13.8 Å². The third-order valence-electron chi connectivity index (χ3n) is 2.97. The Morgan fingerprint density at radius 1 is 1.25 bits per heavy atom. The molecule has 0 aliphatic rings. The van der Waals surface area contributed by atoms with Crippen LogP contribution in [0.25, 0.3) is 0 Å². The summed E-state index contributed by atoms with van der Waals surface area (Å²) in [6.07, 6.45) is 1.96. The van der Waals surface area contributed by atoms with E-state index < -0.39 is 0 Å². The van der Waals surface area contributed by atoms with Crippen LogP contribution >= 0.6 is 11.6 Å². The molecule has 90 valence electrons. The van der Waals surface area contributed by atoms with Crippen molar-refractivity contribution < 1.29 is 0 Å². The first-order valence-corrected chi connectivity index (χ1v) is 6.25. The first-order valence-electron chi connectivity index (χ1n) is 5.71. The molecule has 0 radical (unpaired) electrons. The van der Waals surface area contributed by atoms with Crippen molar-refractivity contribution in [2.45, 2.75) is 46.1 Å². The molecule has 3 nitrogen and oxygen atoms in total. The van der Waals surface area contributed by atoms with Crippen molar-refractivity contribution in [3.05, 3.63) is 17.6 Å². The Morgan fingerprint density at radius 2 is 1.88 bits per heavy atom. The van der Waals surface area contributed by atoms with Gasteiger partial charge in [-0.1, -0.05) is 13.8 Å². The molecule has 0 spiro atoms. The van der Waals surface area contributed by atoms with Crippen molar-refractivity contribution in [1.82, 2.24) is 9.97 Å². The van der Waals surface area contributed by atoms with Crippen molar-refractivity contribution in [2.24, 2.45) is 0 Å². The molecule has 0 saturated carbocycles. The molecule has 1 aromatic rings. The van der Waals surface area contributed by atoms with Gasteiger partial charge in [0.2, 0.25) is 0 Å². The standard InChI is InChI=1S/C12H20ClN3/c1-5-12(6-2,8-13)16-11-7-9(3)14-10(4)15-11/h7H,5-6,8H2,1-4H3,(H,14,15,16). The van der Waals surface area contributed by atoms with Crippen molar-refractivity contribution in [3.63, 3.8) is 0 Å². The van der Waals surface area contributed by atoms with Crippen LogP contribution in [0.4, 0.5) is 5.82 Å². The molecule has 0 aromatic carbocycles. The molecule has 0 fully saturated rings. The van der Waals surface area contributed by atoms with Crippen LogP contribution < -0.4 is 5.32 Å². The largest absolute Gasteiger partial charge is 0.363 e. The topological polar surface area (TPSA) is 37.8 Å². The molecule has 0 atom stereocenters. The minimum atomic E-state index is -0.0607. The van der Waals surface area contributed by atoms with Gasteiger partial charge < -0.3 is 5.32 Å². The van der Waals surface area contributed by atoms with E-state index in [4.69, 9.17) is 11.6 Å². The van der Waals surface area contributed by atoms with Crippen LogP contribution in [0.1, 0.15) is 38.2 Å². The summed E-state index contributed by atoms with van der Waals surface area (Å²) in [5.74, 6) is 2.25. The van der Waals surface area contributed by atoms with Gasteiger partial charge in [-0.05, 0) is 26.7 Å². The summed E-state index contributed by atoms with van der Waals surface area (Å²) in [6.45, 7) is 8.15. The highest BCUT2D eigenvalue weighted by Crippen LogP contribution is 2.22. The Balaban J connectivity index is 2.93. The van der Waals surface area contributed by atoms with E-state index in [2.05, 4.69) is 29.1 Å². The molecule has 1 rings (SSSR count). The van der Waals surface area contributed by atoms with E-state index >= 15 is 0 Å². The van der Waals surface area contributed by atoms with Gasteiger partial charge in [0.05, 0.1) is 5.54 Å². The molecule has 16 heavy (non-hydrogen) atoms. The number of aryl methyl sites for hydroxylation is 2. The molecular weight excluding hydrogens is 222 g/mol. The number of alkyl halides is 1. The molecule has 0 bridgehead atoms. The van der Waals surface area contributed by atoms with Gasteiger partial charge in [0, 0.05) is 17.6 Å². The Morgan fingerprint density at radius 3 is 2.31 bits per heavy atom. The smallest absolute Gasteiger partial charge is 0.130 e. The highest BCUT2D eigenvalue weighted by Gasteiger charge is 2.25. The average molecular weight is 242 g/mol. The number of anilines is 1. The second kappa shape index (κ2) is 5.48. The van der Waals surface area contributed by atoms with Gasteiger partial charge >= 0.3 is 0 Å². The summed E-state index contributed by atoms with van der Waals surface area (Å²) in [5.41, 5.74) is 0.917. The summed E-state index contributed by atoms with van der Waals surface area (Å²) in [4.78, 5) is 8.64. The van der Waals surface area contributed by atoms with Gasteiger partial charge in [-0.3, -0.25) is 0 Å². The molecule has 1 N–H and O–H groups in total. The molecule has 0 saturated heterocycles.